The Bertz CT molecular complexity index is 835. The predicted octanol–water partition coefficient (Wildman–Crippen LogP) is 3.32. The second kappa shape index (κ2) is 7.48. The molecule has 2 aliphatic heterocycles. The van der Waals surface area contributed by atoms with Gasteiger partial charge in [0.1, 0.15) is 6.17 Å². The maximum absolute atomic E-state index is 13.2. The van der Waals surface area contributed by atoms with Crippen LogP contribution in [0.4, 0.5) is 5.69 Å². The number of nitrogens with zero attached hydrogens (tertiary/aromatic N) is 2. The molecule has 0 aromatic heterocycles. The van der Waals surface area contributed by atoms with E-state index in [4.69, 9.17) is 9.47 Å². The van der Waals surface area contributed by atoms with Crippen LogP contribution in [0.5, 0.6) is 11.5 Å². The van der Waals surface area contributed by atoms with Crippen molar-refractivity contribution in [1.29, 1.82) is 0 Å². The van der Waals surface area contributed by atoms with Gasteiger partial charge in [-0.15, -0.1) is 0 Å². The van der Waals surface area contributed by atoms with Gasteiger partial charge in [0, 0.05) is 18.8 Å². The summed E-state index contributed by atoms with van der Waals surface area (Å²) in [6.07, 6.45) is -0.238. The van der Waals surface area contributed by atoms with E-state index in [1.54, 1.807) is 0 Å². The topological polar surface area (TPSA) is 54.0 Å². The third-order valence-electron chi connectivity index (χ3n) is 5.29. The number of benzene rings is 2. The van der Waals surface area contributed by atoms with Crippen molar-refractivity contribution in [3.05, 3.63) is 53.6 Å². The van der Waals surface area contributed by atoms with E-state index in [1.165, 1.54) is 0 Å². The zero-order valence-corrected chi connectivity index (χ0v) is 15.8. The van der Waals surface area contributed by atoms with E-state index in [1.807, 2.05) is 47.4 Å². The summed E-state index contributed by atoms with van der Waals surface area (Å²) in [6.45, 7) is 7.96. The Balaban J connectivity index is 1.67. The number of para-hydroxylation sites is 1. The van der Waals surface area contributed by atoms with E-state index in [9.17, 15) is 4.79 Å². The summed E-state index contributed by atoms with van der Waals surface area (Å²) in [7, 11) is 0. The van der Waals surface area contributed by atoms with E-state index < -0.39 is 0 Å². The normalized spacial score (nSPS) is 17.8. The van der Waals surface area contributed by atoms with Crippen molar-refractivity contribution in [2.75, 3.05) is 38.3 Å². The first kappa shape index (κ1) is 17.7. The number of hydrogen-bond donors (Lipinski definition) is 1. The molecule has 2 aliphatic rings. The first-order valence-electron chi connectivity index (χ1n) is 9.49. The van der Waals surface area contributed by atoms with Gasteiger partial charge in [0.25, 0.3) is 5.91 Å². The van der Waals surface area contributed by atoms with Gasteiger partial charge in [-0.3, -0.25) is 4.79 Å². The molecule has 2 aromatic rings. The van der Waals surface area contributed by atoms with Crippen molar-refractivity contribution in [2.24, 2.45) is 0 Å². The van der Waals surface area contributed by atoms with Gasteiger partial charge < -0.3 is 24.6 Å². The van der Waals surface area contributed by atoms with Crippen LogP contribution in [0.3, 0.4) is 0 Å². The standard InChI is InChI=1S/C21H25N3O3/c1-3-23(4-2)11-12-24-20(15-9-10-18-19(13-15)27-14-26-18)22-17-8-6-5-7-16(17)21(24)25/h5-10,13,20,22H,3-4,11-12,14H2,1-2H3/t20-/m1/s1. The van der Waals surface area contributed by atoms with Gasteiger partial charge in [-0.2, -0.15) is 0 Å². The summed E-state index contributed by atoms with van der Waals surface area (Å²) in [5, 5.41) is 3.53. The van der Waals surface area contributed by atoms with Crippen molar-refractivity contribution in [3.63, 3.8) is 0 Å². The Labute approximate surface area is 159 Å². The highest BCUT2D eigenvalue weighted by Gasteiger charge is 2.33. The van der Waals surface area contributed by atoms with Gasteiger partial charge >= 0.3 is 0 Å². The quantitative estimate of drug-likeness (QED) is 0.849. The molecule has 6 nitrogen and oxygen atoms in total. The molecule has 0 spiro atoms. The van der Waals surface area contributed by atoms with Crippen LogP contribution in [0.25, 0.3) is 0 Å². The predicted molar refractivity (Wildman–Crippen MR) is 104 cm³/mol. The monoisotopic (exact) mass is 367 g/mol. The number of likely N-dealkylation sites (N-methyl/N-ethyl adjacent to an activating group) is 1. The molecule has 2 heterocycles. The lowest BCUT2D eigenvalue weighted by Crippen LogP contribution is -2.46. The molecule has 0 aliphatic carbocycles. The van der Waals surface area contributed by atoms with Crippen molar-refractivity contribution in [3.8, 4) is 11.5 Å². The third kappa shape index (κ3) is 3.32. The fourth-order valence-corrected chi connectivity index (χ4v) is 3.66. The molecular weight excluding hydrogens is 342 g/mol. The molecule has 0 saturated heterocycles. The number of ether oxygens (including phenoxy) is 2. The Morgan fingerprint density at radius 3 is 2.70 bits per heavy atom. The third-order valence-corrected chi connectivity index (χ3v) is 5.29. The van der Waals surface area contributed by atoms with Crippen molar-refractivity contribution in [2.45, 2.75) is 20.0 Å². The van der Waals surface area contributed by atoms with Crippen LogP contribution in [-0.2, 0) is 0 Å². The van der Waals surface area contributed by atoms with Crippen LogP contribution < -0.4 is 14.8 Å². The second-order valence-electron chi connectivity index (χ2n) is 6.73. The Morgan fingerprint density at radius 1 is 1.11 bits per heavy atom. The maximum atomic E-state index is 13.2. The molecule has 2 aromatic carbocycles. The summed E-state index contributed by atoms with van der Waals surface area (Å²) in [4.78, 5) is 17.5. The van der Waals surface area contributed by atoms with Crippen LogP contribution in [-0.4, -0.2) is 48.7 Å². The minimum Gasteiger partial charge on any atom is -0.454 e. The fourth-order valence-electron chi connectivity index (χ4n) is 3.66. The Hall–Kier alpha value is -2.73. The zero-order chi connectivity index (χ0) is 18.8. The highest BCUT2D eigenvalue weighted by Crippen LogP contribution is 2.38. The minimum atomic E-state index is -0.238. The van der Waals surface area contributed by atoms with Gasteiger partial charge in [-0.05, 0) is 42.9 Å². The summed E-state index contributed by atoms with van der Waals surface area (Å²) in [6, 6.07) is 13.6. The first-order valence-corrected chi connectivity index (χ1v) is 9.49. The smallest absolute Gasteiger partial charge is 0.257 e. The average Bonchev–Trinajstić information content (AvgIpc) is 3.18. The molecule has 0 unspecified atom stereocenters. The zero-order valence-electron chi connectivity index (χ0n) is 15.8. The first-order chi connectivity index (χ1) is 13.2. The van der Waals surface area contributed by atoms with E-state index in [0.29, 0.717) is 12.1 Å². The van der Waals surface area contributed by atoms with E-state index in [-0.39, 0.29) is 18.9 Å². The second-order valence-corrected chi connectivity index (χ2v) is 6.73. The number of hydrogen-bond acceptors (Lipinski definition) is 5. The van der Waals surface area contributed by atoms with E-state index >= 15 is 0 Å². The van der Waals surface area contributed by atoms with Crippen LogP contribution in [0.15, 0.2) is 42.5 Å². The Kier molecular flexibility index (Phi) is 4.90. The molecule has 0 bridgehead atoms. The molecule has 4 rings (SSSR count). The van der Waals surface area contributed by atoms with Crippen LogP contribution in [0, 0.1) is 0 Å². The van der Waals surface area contributed by atoms with Gasteiger partial charge in [0.05, 0.1) is 5.56 Å². The lowest BCUT2D eigenvalue weighted by atomic mass is 10.0. The molecule has 1 N–H and O–H groups in total. The van der Waals surface area contributed by atoms with Crippen molar-refractivity contribution < 1.29 is 14.3 Å². The largest absolute Gasteiger partial charge is 0.454 e. The molecule has 1 amide bonds. The van der Waals surface area contributed by atoms with Crippen LogP contribution in [0.2, 0.25) is 0 Å². The lowest BCUT2D eigenvalue weighted by molar-refractivity contribution is 0.0660. The number of carbonyl (C=O) groups is 1. The van der Waals surface area contributed by atoms with Gasteiger partial charge in [0.15, 0.2) is 11.5 Å². The average molecular weight is 367 g/mol. The fraction of sp³-hybridized carbons (Fsp3) is 0.381. The number of fused-ring (bicyclic) bond motifs is 2. The molecule has 6 heteroatoms. The Morgan fingerprint density at radius 2 is 1.89 bits per heavy atom. The van der Waals surface area contributed by atoms with Crippen molar-refractivity contribution >= 4 is 11.6 Å². The number of carbonyl (C=O) groups excluding carboxylic acids is 1. The summed E-state index contributed by atoms with van der Waals surface area (Å²) < 4.78 is 11.0. The molecule has 0 fully saturated rings. The minimum absolute atomic E-state index is 0.0548. The van der Waals surface area contributed by atoms with Gasteiger partial charge in [-0.1, -0.05) is 32.0 Å². The van der Waals surface area contributed by atoms with E-state index in [2.05, 4.69) is 24.1 Å². The molecule has 27 heavy (non-hydrogen) atoms. The van der Waals surface area contributed by atoms with Crippen LogP contribution >= 0.6 is 0 Å². The molecular formula is C21H25N3O3. The molecule has 1 atom stereocenters. The number of rotatable bonds is 6. The summed E-state index contributed by atoms with van der Waals surface area (Å²) in [5.41, 5.74) is 2.57. The number of nitrogens with one attached hydrogen (secondary N) is 1. The highest BCUT2D eigenvalue weighted by molar-refractivity contribution is 6.01. The molecule has 0 radical (unpaired) electrons. The number of amides is 1. The highest BCUT2D eigenvalue weighted by atomic mass is 16.7. The SMILES string of the molecule is CCN(CC)CCN1C(=O)c2ccccc2N[C@H]1c1ccc2c(c1)OCO2. The molecule has 142 valence electrons. The number of anilines is 1. The summed E-state index contributed by atoms with van der Waals surface area (Å²) >= 11 is 0. The van der Waals surface area contributed by atoms with Gasteiger partial charge in [-0.25, -0.2) is 0 Å². The van der Waals surface area contributed by atoms with Crippen molar-refractivity contribution in [1.82, 2.24) is 9.80 Å². The maximum Gasteiger partial charge on any atom is 0.257 e. The van der Waals surface area contributed by atoms with Gasteiger partial charge in [0.2, 0.25) is 6.79 Å². The molecule has 0 saturated carbocycles. The summed E-state index contributed by atoms with van der Waals surface area (Å²) in [5.74, 6) is 1.53. The van der Waals surface area contributed by atoms with E-state index in [0.717, 1.165) is 42.4 Å². The lowest BCUT2D eigenvalue weighted by Gasteiger charge is -2.39. The van der Waals surface area contributed by atoms with Crippen LogP contribution in [0.1, 0.15) is 35.9 Å².